The summed E-state index contributed by atoms with van der Waals surface area (Å²) in [5, 5.41) is 14.1. The Morgan fingerprint density at radius 1 is 1.36 bits per heavy atom. The maximum absolute atomic E-state index is 11.4. The van der Waals surface area contributed by atoms with Crippen molar-refractivity contribution in [2.45, 2.75) is 25.3 Å². The van der Waals surface area contributed by atoms with Gasteiger partial charge in [-0.2, -0.15) is 0 Å². The minimum absolute atomic E-state index is 0.0674. The van der Waals surface area contributed by atoms with E-state index in [0.717, 1.165) is 11.3 Å². The van der Waals surface area contributed by atoms with Crippen molar-refractivity contribution < 1.29 is 14.6 Å². The SMILES string of the molecule is CC1CN2Cc3nc(C(=O)O)nn3-c3ccc(Cl)cc3C2(c2ccccn2)O1. The topological polar surface area (TPSA) is 93.4 Å². The number of benzene rings is 1. The molecule has 2 aliphatic heterocycles. The van der Waals surface area contributed by atoms with Gasteiger partial charge in [0.25, 0.3) is 5.82 Å². The first-order valence-electron chi connectivity index (χ1n) is 8.83. The van der Waals surface area contributed by atoms with Crippen LogP contribution < -0.4 is 0 Å². The average Bonchev–Trinajstić information content (AvgIpc) is 3.22. The molecule has 2 unspecified atom stereocenters. The van der Waals surface area contributed by atoms with Crippen molar-refractivity contribution in [2.75, 3.05) is 6.54 Å². The standard InChI is InChI=1S/C19H16ClN5O3/c1-11-9-24-10-16-22-17(18(26)27)23-25(16)14-6-5-12(20)8-13(14)19(24,28-11)15-4-2-3-7-21-15/h2-8,11H,9-10H2,1H3,(H,26,27). The van der Waals surface area contributed by atoms with Gasteiger partial charge in [-0.05, 0) is 37.3 Å². The van der Waals surface area contributed by atoms with Crippen molar-refractivity contribution >= 4 is 17.6 Å². The summed E-state index contributed by atoms with van der Waals surface area (Å²) in [7, 11) is 0. The number of fused-ring (bicyclic) bond motifs is 5. The molecule has 3 aromatic rings. The van der Waals surface area contributed by atoms with Crippen LogP contribution in [0.2, 0.25) is 5.02 Å². The van der Waals surface area contributed by atoms with Crippen molar-refractivity contribution in [3.63, 3.8) is 0 Å². The number of carboxylic acid groups (broad SMARTS) is 1. The molecule has 5 rings (SSSR count). The normalized spacial score (nSPS) is 23.6. The molecule has 142 valence electrons. The van der Waals surface area contributed by atoms with Crippen LogP contribution in [0, 0.1) is 0 Å². The Hall–Kier alpha value is -2.81. The van der Waals surface area contributed by atoms with Crippen molar-refractivity contribution in [1.82, 2.24) is 24.6 Å². The van der Waals surface area contributed by atoms with Crippen molar-refractivity contribution in [1.29, 1.82) is 0 Å². The molecule has 0 bridgehead atoms. The number of ether oxygens (including phenoxy) is 1. The first kappa shape index (κ1) is 17.3. The summed E-state index contributed by atoms with van der Waals surface area (Å²) < 4.78 is 8.06. The number of rotatable bonds is 2. The smallest absolute Gasteiger partial charge is 0.375 e. The van der Waals surface area contributed by atoms with E-state index in [1.165, 1.54) is 0 Å². The van der Waals surface area contributed by atoms with Gasteiger partial charge in [0.1, 0.15) is 5.82 Å². The number of halogens is 1. The zero-order valence-corrected chi connectivity index (χ0v) is 15.7. The van der Waals surface area contributed by atoms with E-state index in [-0.39, 0.29) is 11.9 Å². The van der Waals surface area contributed by atoms with Crippen LogP contribution in [0.1, 0.15) is 34.6 Å². The third kappa shape index (κ3) is 2.39. The molecular weight excluding hydrogens is 382 g/mol. The molecule has 8 nitrogen and oxygen atoms in total. The van der Waals surface area contributed by atoms with Gasteiger partial charge in [0, 0.05) is 23.3 Å². The largest absolute Gasteiger partial charge is 0.475 e. The second-order valence-electron chi connectivity index (χ2n) is 6.90. The van der Waals surface area contributed by atoms with E-state index in [1.54, 1.807) is 16.9 Å². The van der Waals surface area contributed by atoms with Crippen LogP contribution in [-0.2, 0) is 17.0 Å². The third-order valence-electron chi connectivity index (χ3n) is 5.06. The second-order valence-corrected chi connectivity index (χ2v) is 7.33. The van der Waals surface area contributed by atoms with E-state index in [4.69, 9.17) is 16.3 Å². The number of nitrogens with zero attached hydrogens (tertiary/aromatic N) is 5. The van der Waals surface area contributed by atoms with Gasteiger partial charge in [0.15, 0.2) is 5.72 Å². The molecule has 0 amide bonds. The van der Waals surface area contributed by atoms with Gasteiger partial charge in [-0.25, -0.2) is 14.5 Å². The highest BCUT2D eigenvalue weighted by Crippen LogP contribution is 2.47. The van der Waals surface area contributed by atoms with E-state index in [9.17, 15) is 9.90 Å². The predicted molar refractivity (Wildman–Crippen MR) is 99.3 cm³/mol. The number of carboxylic acids is 1. The van der Waals surface area contributed by atoms with Crippen LogP contribution >= 0.6 is 11.6 Å². The molecular formula is C19H16ClN5O3. The van der Waals surface area contributed by atoms with Gasteiger partial charge in [0.2, 0.25) is 0 Å². The molecule has 9 heteroatoms. The Bertz CT molecular complexity index is 1090. The highest BCUT2D eigenvalue weighted by Gasteiger charge is 2.53. The number of pyridine rings is 1. The Balaban J connectivity index is 1.84. The van der Waals surface area contributed by atoms with E-state index < -0.39 is 11.7 Å². The number of hydrogen-bond acceptors (Lipinski definition) is 6. The van der Waals surface area contributed by atoms with Gasteiger partial charge in [-0.3, -0.25) is 9.88 Å². The predicted octanol–water partition coefficient (Wildman–Crippen LogP) is 2.45. The Labute approximate surface area is 165 Å². The Kier molecular flexibility index (Phi) is 3.77. The molecule has 28 heavy (non-hydrogen) atoms. The number of aromatic nitrogens is 4. The molecule has 0 spiro atoms. The van der Waals surface area contributed by atoms with Crippen LogP contribution in [0.25, 0.3) is 5.69 Å². The van der Waals surface area contributed by atoms with E-state index in [2.05, 4.69) is 20.0 Å². The summed E-state index contributed by atoms with van der Waals surface area (Å²) in [5.74, 6) is -0.885. The number of hydrogen-bond donors (Lipinski definition) is 1. The van der Waals surface area contributed by atoms with Crippen molar-refractivity contribution in [3.8, 4) is 5.69 Å². The number of aromatic carboxylic acids is 1. The van der Waals surface area contributed by atoms with Crippen LogP contribution in [-0.4, -0.2) is 48.4 Å². The first-order valence-corrected chi connectivity index (χ1v) is 9.21. The van der Waals surface area contributed by atoms with E-state index in [0.29, 0.717) is 29.6 Å². The fourth-order valence-corrected chi connectivity index (χ4v) is 4.21. The van der Waals surface area contributed by atoms with E-state index >= 15 is 0 Å². The van der Waals surface area contributed by atoms with Gasteiger partial charge in [-0.15, -0.1) is 5.10 Å². The lowest BCUT2D eigenvalue weighted by molar-refractivity contribution is -0.0789. The summed E-state index contributed by atoms with van der Waals surface area (Å²) in [5.41, 5.74) is 1.18. The summed E-state index contributed by atoms with van der Waals surface area (Å²) in [6.07, 6.45) is 1.66. The fraction of sp³-hybridized carbons (Fsp3) is 0.263. The van der Waals surface area contributed by atoms with Crippen molar-refractivity contribution in [2.24, 2.45) is 0 Å². The maximum atomic E-state index is 11.4. The van der Waals surface area contributed by atoms with Crippen LogP contribution in [0.5, 0.6) is 0 Å². The lowest BCUT2D eigenvalue weighted by Crippen LogP contribution is -2.43. The average molecular weight is 398 g/mol. The molecule has 0 aliphatic carbocycles. The quantitative estimate of drug-likeness (QED) is 0.709. The van der Waals surface area contributed by atoms with Crippen LogP contribution in [0.3, 0.4) is 0 Å². The molecule has 1 aromatic carbocycles. The molecule has 1 N–H and O–H groups in total. The van der Waals surface area contributed by atoms with E-state index in [1.807, 2.05) is 37.3 Å². The molecule has 2 aromatic heterocycles. The minimum atomic E-state index is -1.17. The fourth-order valence-electron chi connectivity index (χ4n) is 4.04. The molecule has 2 aliphatic rings. The lowest BCUT2D eigenvalue weighted by atomic mass is 9.95. The summed E-state index contributed by atoms with van der Waals surface area (Å²) in [6.45, 7) is 2.97. The maximum Gasteiger partial charge on any atom is 0.375 e. The molecule has 1 fully saturated rings. The number of carbonyl (C=O) groups is 1. The molecule has 2 atom stereocenters. The molecule has 1 saturated heterocycles. The lowest BCUT2D eigenvalue weighted by Gasteiger charge is -2.36. The van der Waals surface area contributed by atoms with Crippen molar-refractivity contribution in [3.05, 3.63) is 70.5 Å². The minimum Gasteiger partial charge on any atom is -0.475 e. The van der Waals surface area contributed by atoms with Gasteiger partial charge >= 0.3 is 5.97 Å². The molecule has 0 radical (unpaired) electrons. The zero-order chi connectivity index (χ0) is 19.5. The highest BCUT2D eigenvalue weighted by molar-refractivity contribution is 6.30. The van der Waals surface area contributed by atoms with Gasteiger partial charge in [0.05, 0.1) is 24.0 Å². The Morgan fingerprint density at radius 3 is 2.96 bits per heavy atom. The third-order valence-corrected chi connectivity index (χ3v) is 5.29. The highest BCUT2D eigenvalue weighted by atomic mass is 35.5. The molecule has 0 saturated carbocycles. The van der Waals surface area contributed by atoms with Gasteiger partial charge in [-0.1, -0.05) is 17.7 Å². The second kappa shape index (κ2) is 6.10. The summed E-state index contributed by atoms with van der Waals surface area (Å²) in [6, 6.07) is 11.1. The van der Waals surface area contributed by atoms with Crippen LogP contribution in [0.4, 0.5) is 0 Å². The molecule has 4 heterocycles. The monoisotopic (exact) mass is 397 g/mol. The van der Waals surface area contributed by atoms with Gasteiger partial charge < -0.3 is 9.84 Å². The van der Waals surface area contributed by atoms with Crippen LogP contribution in [0.15, 0.2) is 42.6 Å². The first-order chi connectivity index (χ1) is 13.5. The summed E-state index contributed by atoms with van der Waals surface area (Å²) >= 11 is 6.36. The zero-order valence-electron chi connectivity index (χ0n) is 14.9. The summed E-state index contributed by atoms with van der Waals surface area (Å²) in [4.78, 5) is 22.4. The Morgan fingerprint density at radius 2 is 2.21 bits per heavy atom.